The molecular weight excluding hydrogens is 238 g/mol. The molecule has 6 heteroatoms. The number of hydrogen-bond donors (Lipinski definition) is 1. The third-order valence-electron chi connectivity index (χ3n) is 2.97. The van der Waals surface area contributed by atoms with Crippen molar-refractivity contribution in [2.45, 2.75) is 13.2 Å². The van der Waals surface area contributed by atoms with E-state index in [0.717, 1.165) is 41.9 Å². The number of methoxy groups -OCH3 is 1. The van der Waals surface area contributed by atoms with Crippen LogP contribution in [-0.4, -0.2) is 55.3 Å². The zero-order chi connectivity index (χ0) is 12.3. The van der Waals surface area contributed by atoms with Crippen LogP contribution in [0.4, 0.5) is 5.13 Å². The molecule has 0 aliphatic carbocycles. The fourth-order valence-electron chi connectivity index (χ4n) is 1.88. The Balaban J connectivity index is 2.10. The van der Waals surface area contributed by atoms with Gasteiger partial charge in [0.2, 0.25) is 0 Å². The molecule has 0 amide bonds. The fraction of sp³-hybridized carbons (Fsp3) is 0.727. The minimum absolute atomic E-state index is 0.0457. The monoisotopic (exact) mass is 257 g/mol. The third kappa shape index (κ3) is 2.95. The van der Waals surface area contributed by atoms with Gasteiger partial charge < -0.3 is 19.6 Å². The van der Waals surface area contributed by atoms with E-state index in [0.29, 0.717) is 6.61 Å². The number of anilines is 1. The molecule has 17 heavy (non-hydrogen) atoms. The molecule has 1 aromatic rings. The van der Waals surface area contributed by atoms with Crippen LogP contribution in [0.1, 0.15) is 10.6 Å². The Labute approximate surface area is 106 Å². The van der Waals surface area contributed by atoms with Crippen LogP contribution < -0.4 is 4.90 Å². The SMILES string of the molecule is COCc1nc(N2CCN(C)CC2)sc1CO. The summed E-state index contributed by atoms with van der Waals surface area (Å²) >= 11 is 1.57. The highest BCUT2D eigenvalue weighted by atomic mass is 32.1. The van der Waals surface area contributed by atoms with Crippen LogP contribution >= 0.6 is 11.3 Å². The van der Waals surface area contributed by atoms with Gasteiger partial charge in [-0.1, -0.05) is 11.3 Å². The zero-order valence-electron chi connectivity index (χ0n) is 10.3. The number of aliphatic hydroxyl groups excluding tert-OH is 1. The topological polar surface area (TPSA) is 48.8 Å². The molecule has 0 unspecified atom stereocenters. The van der Waals surface area contributed by atoms with E-state index in [1.807, 2.05) is 0 Å². The highest BCUT2D eigenvalue weighted by Gasteiger charge is 2.19. The van der Waals surface area contributed by atoms with Crippen LogP contribution in [0.3, 0.4) is 0 Å². The van der Waals surface area contributed by atoms with E-state index in [-0.39, 0.29) is 6.61 Å². The number of piperazine rings is 1. The fourth-order valence-corrected chi connectivity index (χ4v) is 2.85. The molecule has 1 fully saturated rings. The Kier molecular flexibility index (Phi) is 4.33. The van der Waals surface area contributed by atoms with E-state index in [1.165, 1.54) is 0 Å². The minimum atomic E-state index is 0.0457. The summed E-state index contributed by atoms with van der Waals surface area (Å²) in [6.07, 6.45) is 0. The van der Waals surface area contributed by atoms with Crippen molar-refractivity contribution < 1.29 is 9.84 Å². The Bertz CT molecular complexity index is 362. The van der Waals surface area contributed by atoms with E-state index in [4.69, 9.17) is 4.74 Å². The first kappa shape index (κ1) is 12.8. The van der Waals surface area contributed by atoms with Gasteiger partial charge in [0.25, 0.3) is 0 Å². The number of ether oxygens (including phenoxy) is 1. The Morgan fingerprint density at radius 2 is 2.06 bits per heavy atom. The van der Waals surface area contributed by atoms with Crippen LogP contribution in [-0.2, 0) is 18.0 Å². The summed E-state index contributed by atoms with van der Waals surface area (Å²) in [4.78, 5) is 10.1. The number of nitrogens with zero attached hydrogens (tertiary/aromatic N) is 3. The molecule has 0 bridgehead atoms. The van der Waals surface area contributed by atoms with E-state index < -0.39 is 0 Å². The smallest absolute Gasteiger partial charge is 0.186 e. The number of rotatable bonds is 4. The van der Waals surface area contributed by atoms with E-state index in [9.17, 15) is 5.11 Å². The van der Waals surface area contributed by atoms with E-state index in [1.54, 1.807) is 18.4 Å². The van der Waals surface area contributed by atoms with E-state index >= 15 is 0 Å². The lowest BCUT2D eigenvalue weighted by molar-refractivity contribution is 0.179. The average molecular weight is 257 g/mol. The predicted molar refractivity (Wildman–Crippen MR) is 68.5 cm³/mol. The molecule has 2 heterocycles. The van der Waals surface area contributed by atoms with Gasteiger partial charge in [-0.05, 0) is 7.05 Å². The van der Waals surface area contributed by atoms with Crippen molar-refractivity contribution in [2.24, 2.45) is 0 Å². The van der Waals surface area contributed by atoms with Crippen molar-refractivity contribution in [3.8, 4) is 0 Å². The molecule has 0 aromatic carbocycles. The molecule has 96 valence electrons. The molecule has 0 atom stereocenters. The first-order valence-electron chi connectivity index (χ1n) is 5.76. The molecule has 0 radical (unpaired) electrons. The van der Waals surface area contributed by atoms with Crippen LogP contribution in [0.25, 0.3) is 0 Å². The van der Waals surface area contributed by atoms with Crippen molar-refractivity contribution in [3.63, 3.8) is 0 Å². The van der Waals surface area contributed by atoms with Crippen LogP contribution in [0.2, 0.25) is 0 Å². The Morgan fingerprint density at radius 3 is 2.65 bits per heavy atom. The van der Waals surface area contributed by atoms with Gasteiger partial charge in [0.1, 0.15) is 0 Å². The lowest BCUT2D eigenvalue weighted by Crippen LogP contribution is -2.44. The van der Waals surface area contributed by atoms with Crippen molar-refractivity contribution in [1.29, 1.82) is 0 Å². The summed E-state index contributed by atoms with van der Waals surface area (Å²) in [5.74, 6) is 0. The van der Waals surface area contributed by atoms with Gasteiger partial charge in [-0.3, -0.25) is 0 Å². The van der Waals surface area contributed by atoms with Crippen molar-refractivity contribution in [2.75, 3.05) is 45.2 Å². The average Bonchev–Trinajstić information content (AvgIpc) is 2.74. The molecule has 2 rings (SSSR count). The molecule has 1 aliphatic heterocycles. The predicted octanol–water partition coefficient (Wildman–Crippen LogP) is 0.534. The molecule has 5 nitrogen and oxygen atoms in total. The highest BCUT2D eigenvalue weighted by molar-refractivity contribution is 7.15. The van der Waals surface area contributed by atoms with Gasteiger partial charge in [-0.2, -0.15) is 0 Å². The van der Waals surface area contributed by atoms with Gasteiger partial charge in [0, 0.05) is 33.3 Å². The van der Waals surface area contributed by atoms with Gasteiger partial charge >= 0.3 is 0 Å². The summed E-state index contributed by atoms with van der Waals surface area (Å²) in [5, 5.41) is 10.3. The Morgan fingerprint density at radius 1 is 1.35 bits per heavy atom. The minimum Gasteiger partial charge on any atom is -0.391 e. The summed E-state index contributed by atoms with van der Waals surface area (Å²) in [5.41, 5.74) is 0.869. The number of aliphatic hydroxyl groups is 1. The molecular formula is C11H19N3O2S. The first-order valence-corrected chi connectivity index (χ1v) is 6.58. The molecule has 1 aliphatic rings. The number of thiazole rings is 1. The largest absolute Gasteiger partial charge is 0.391 e. The van der Waals surface area contributed by atoms with Crippen molar-refractivity contribution in [1.82, 2.24) is 9.88 Å². The van der Waals surface area contributed by atoms with Crippen LogP contribution in [0, 0.1) is 0 Å². The summed E-state index contributed by atoms with van der Waals surface area (Å²) < 4.78 is 5.09. The number of likely N-dealkylation sites (N-methyl/N-ethyl adjacent to an activating group) is 1. The first-order chi connectivity index (χ1) is 8.24. The zero-order valence-corrected chi connectivity index (χ0v) is 11.2. The van der Waals surface area contributed by atoms with Gasteiger partial charge in [0.15, 0.2) is 5.13 Å². The second-order valence-corrected chi connectivity index (χ2v) is 5.31. The summed E-state index contributed by atoms with van der Waals surface area (Å²) in [7, 11) is 3.78. The lowest BCUT2D eigenvalue weighted by Gasteiger charge is -2.32. The van der Waals surface area contributed by atoms with Gasteiger partial charge in [-0.15, -0.1) is 0 Å². The maximum absolute atomic E-state index is 9.29. The molecule has 1 N–H and O–H groups in total. The van der Waals surface area contributed by atoms with Gasteiger partial charge in [-0.25, -0.2) is 4.98 Å². The van der Waals surface area contributed by atoms with E-state index in [2.05, 4.69) is 21.8 Å². The van der Waals surface area contributed by atoms with Crippen molar-refractivity contribution >= 4 is 16.5 Å². The second kappa shape index (κ2) is 5.77. The maximum Gasteiger partial charge on any atom is 0.186 e. The highest BCUT2D eigenvalue weighted by Crippen LogP contribution is 2.27. The maximum atomic E-state index is 9.29. The second-order valence-electron chi connectivity index (χ2n) is 4.25. The lowest BCUT2D eigenvalue weighted by atomic mass is 10.3. The molecule has 0 spiro atoms. The van der Waals surface area contributed by atoms with Crippen LogP contribution in [0.15, 0.2) is 0 Å². The Hall–Kier alpha value is -0.690. The normalized spacial score (nSPS) is 17.7. The standard InChI is InChI=1S/C11H19N3O2S/c1-13-3-5-14(6-4-13)11-12-9(8-16-2)10(7-15)17-11/h15H,3-8H2,1-2H3. The quantitative estimate of drug-likeness (QED) is 0.853. The number of aromatic nitrogens is 1. The summed E-state index contributed by atoms with van der Waals surface area (Å²) in [6, 6.07) is 0. The molecule has 1 saturated heterocycles. The molecule has 1 aromatic heterocycles. The molecule has 0 saturated carbocycles. The third-order valence-corrected chi connectivity index (χ3v) is 4.11. The van der Waals surface area contributed by atoms with Gasteiger partial charge in [0.05, 0.1) is 23.8 Å². The van der Waals surface area contributed by atoms with Crippen molar-refractivity contribution in [3.05, 3.63) is 10.6 Å². The number of hydrogen-bond acceptors (Lipinski definition) is 6. The van der Waals surface area contributed by atoms with Crippen LogP contribution in [0.5, 0.6) is 0 Å². The summed E-state index contributed by atoms with van der Waals surface area (Å²) in [6.45, 7) is 4.65.